The summed E-state index contributed by atoms with van der Waals surface area (Å²) in [5.41, 5.74) is 0.873. The van der Waals surface area contributed by atoms with Crippen LogP contribution in [0.3, 0.4) is 0 Å². The number of imide groups is 1. The van der Waals surface area contributed by atoms with Crippen molar-refractivity contribution in [2.75, 3.05) is 47.2 Å². The van der Waals surface area contributed by atoms with E-state index < -0.39 is 12.1 Å². The zero-order valence-electron chi connectivity index (χ0n) is 20.8. The molecule has 0 aromatic heterocycles. The van der Waals surface area contributed by atoms with Crippen LogP contribution in [0.5, 0.6) is 11.5 Å². The van der Waals surface area contributed by atoms with Gasteiger partial charge in [-0.05, 0) is 30.5 Å². The predicted octanol–water partition coefficient (Wildman–Crippen LogP) is 1.82. The summed E-state index contributed by atoms with van der Waals surface area (Å²) in [4.78, 5) is 43.5. The lowest BCUT2D eigenvalue weighted by Gasteiger charge is -2.50. The Balaban J connectivity index is 1.57. The number of thioether (sulfide) groups is 1. The van der Waals surface area contributed by atoms with Gasteiger partial charge in [-0.25, -0.2) is 4.79 Å². The van der Waals surface area contributed by atoms with Gasteiger partial charge in [-0.2, -0.15) is 0 Å². The van der Waals surface area contributed by atoms with Crippen LogP contribution in [0, 0.1) is 5.92 Å². The lowest BCUT2D eigenvalue weighted by molar-refractivity contribution is -0.140. The number of hydrogen-bond acceptors (Lipinski definition) is 8. The van der Waals surface area contributed by atoms with Crippen molar-refractivity contribution in [3.05, 3.63) is 23.8 Å². The van der Waals surface area contributed by atoms with Crippen LogP contribution in [0.25, 0.3) is 0 Å². The number of benzene rings is 1. The number of carbonyl (C=O) groups excluding carboxylic acids is 3. The van der Waals surface area contributed by atoms with E-state index in [1.165, 1.54) is 18.8 Å². The number of methoxy groups -OCH3 is 2. The molecule has 4 atom stereocenters. The van der Waals surface area contributed by atoms with Gasteiger partial charge in [0.15, 0.2) is 11.5 Å². The van der Waals surface area contributed by atoms with Crippen molar-refractivity contribution in [3.8, 4) is 11.5 Å². The van der Waals surface area contributed by atoms with Crippen molar-refractivity contribution >= 4 is 29.6 Å². The standard InChI is InChI=1S/C24H35N5O5S/c1-27-21-19(23(31)28(2)24(27)32)22(35-14-18(30)29-11-7-5-6-8-12-29)26-20(25-21)15-9-10-16(33-3)17(13-15)34-4/h9-10,13,19-22,25-26H,5-8,11-12,14H2,1-4H3. The lowest BCUT2D eigenvalue weighted by atomic mass is 9.96. The molecule has 2 N–H and O–H groups in total. The maximum absolute atomic E-state index is 13.2. The van der Waals surface area contributed by atoms with Gasteiger partial charge in [-0.1, -0.05) is 18.9 Å². The van der Waals surface area contributed by atoms with Gasteiger partial charge in [0.2, 0.25) is 11.8 Å². The molecule has 10 nitrogen and oxygen atoms in total. The van der Waals surface area contributed by atoms with E-state index in [0.29, 0.717) is 11.5 Å². The summed E-state index contributed by atoms with van der Waals surface area (Å²) in [5, 5.41) is 6.56. The minimum absolute atomic E-state index is 0.0949. The predicted molar refractivity (Wildman–Crippen MR) is 133 cm³/mol. The van der Waals surface area contributed by atoms with Crippen LogP contribution < -0.4 is 20.1 Å². The lowest BCUT2D eigenvalue weighted by Crippen LogP contribution is -2.72. The zero-order valence-corrected chi connectivity index (χ0v) is 21.6. The number of hydrogen-bond donors (Lipinski definition) is 2. The second-order valence-electron chi connectivity index (χ2n) is 9.17. The monoisotopic (exact) mass is 505 g/mol. The van der Waals surface area contributed by atoms with Gasteiger partial charge in [0.05, 0.1) is 43.6 Å². The van der Waals surface area contributed by atoms with Gasteiger partial charge in [-0.15, -0.1) is 11.8 Å². The summed E-state index contributed by atoms with van der Waals surface area (Å²) in [7, 11) is 6.35. The maximum atomic E-state index is 13.2. The largest absolute Gasteiger partial charge is 0.493 e. The van der Waals surface area contributed by atoms with E-state index in [-0.39, 0.29) is 35.1 Å². The van der Waals surface area contributed by atoms with Crippen molar-refractivity contribution in [1.82, 2.24) is 25.3 Å². The smallest absolute Gasteiger partial charge is 0.327 e. The van der Waals surface area contributed by atoms with Crippen LogP contribution >= 0.6 is 11.8 Å². The first-order chi connectivity index (χ1) is 16.8. The summed E-state index contributed by atoms with van der Waals surface area (Å²) in [5.74, 6) is 0.761. The minimum Gasteiger partial charge on any atom is -0.493 e. The number of amides is 4. The molecule has 0 spiro atoms. The maximum Gasteiger partial charge on any atom is 0.327 e. The van der Waals surface area contributed by atoms with E-state index in [1.807, 2.05) is 23.1 Å². The first-order valence-corrected chi connectivity index (χ1v) is 13.1. The van der Waals surface area contributed by atoms with Crippen LogP contribution in [0.2, 0.25) is 0 Å². The third-order valence-electron chi connectivity index (χ3n) is 7.04. The Morgan fingerprint density at radius 3 is 2.37 bits per heavy atom. The third-order valence-corrected chi connectivity index (χ3v) is 8.24. The molecule has 4 unspecified atom stereocenters. The molecule has 3 heterocycles. The van der Waals surface area contributed by atoms with E-state index in [0.717, 1.165) is 49.2 Å². The Morgan fingerprint density at radius 1 is 1.03 bits per heavy atom. The van der Waals surface area contributed by atoms with Crippen LogP contribution in [-0.4, -0.2) is 91.2 Å². The van der Waals surface area contributed by atoms with Crippen molar-refractivity contribution in [2.45, 2.75) is 43.4 Å². The average molecular weight is 506 g/mol. The number of ether oxygens (including phenoxy) is 2. The summed E-state index contributed by atoms with van der Waals surface area (Å²) < 4.78 is 10.8. The van der Waals surface area contributed by atoms with Crippen molar-refractivity contribution in [2.24, 2.45) is 5.92 Å². The number of likely N-dealkylation sites (tertiary alicyclic amines) is 1. The highest BCUT2D eigenvalue weighted by atomic mass is 32.2. The number of carbonyl (C=O) groups is 3. The molecule has 0 radical (unpaired) electrons. The first kappa shape index (κ1) is 25.6. The minimum atomic E-state index is -0.541. The Kier molecular flexibility index (Phi) is 8.08. The fraction of sp³-hybridized carbons (Fsp3) is 0.625. The van der Waals surface area contributed by atoms with Gasteiger partial charge in [0, 0.05) is 27.2 Å². The molecule has 3 fully saturated rings. The summed E-state index contributed by atoms with van der Waals surface area (Å²) in [6, 6.07) is 5.24. The molecule has 192 valence electrons. The second kappa shape index (κ2) is 11.0. The highest BCUT2D eigenvalue weighted by molar-refractivity contribution is 8.00. The van der Waals surface area contributed by atoms with Gasteiger partial charge < -0.3 is 19.3 Å². The van der Waals surface area contributed by atoms with Crippen molar-refractivity contribution in [1.29, 1.82) is 0 Å². The fourth-order valence-electron chi connectivity index (χ4n) is 5.00. The van der Waals surface area contributed by atoms with Crippen LogP contribution in [0.15, 0.2) is 18.2 Å². The fourth-order valence-corrected chi connectivity index (χ4v) is 6.21. The molecular formula is C24H35N5O5S. The van der Waals surface area contributed by atoms with Crippen LogP contribution in [-0.2, 0) is 9.59 Å². The number of fused-ring (bicyclic) bond motifs is 1. The zero-order chi connectivity index (χ0) is 25.1. The highest BCUT2D eigenvalue weighted by Gasteiger charge is 2.51. The van der Waals surface area contributed by atoms with E-state index in [2.05, 4.69) is 10.6 Å². The quantitative estimate of drug-likeness (QED) is 0.604. The van der Waals surface area contributed by atoms with E-state index in [4.69, 9.17) is 9.47 Å². The molecule has 1 aromatic rings. The van der Waals surface area contributed by atoms with E-state index in [9.17, 15) is 14.4 Å². The average Bonchev–Trinajstić information content (AvgIpc) is 3.18. The summed E-state index contributed by atoms with van der Waals surface area (Å²) in [6.07, 6.45) is 3.49. The third kappa shape index (κ3) is 5.22. The topological polar surface area (TPSA) is 103 Å². The number of nitrogens with zero attached hydrogens (tertiary/aromatic N) is 3. The molecule has 3 saturated heterocycles. The molecule has 0 saturated carbocycles. The van der Waals surface area contributed by atoms with Crippen LogP contribution in [0.1, 0.15) is 37.4 Å². The Morgan fingerprint density at radius 2 is 1.71 bits per heavy atom. The van der Waals surface area contributed by atoms with E-state index in [1.54, 1.807) is 26.2 Å². The molecule has 3 aliphatic rings. The van der Waals surface area contributed by atoms with Gasteiger partial charge in [0.25, 0.3) is 0 Å². The molecule has 0 bridgehead atoms. The number of nitrogens with one attached hydrogen (secondary N) is 2. The van der Waals surface area contributed by atoms with Crippen molar-refractivity contribution < 1.29 is 23.9 Å². The number of urea groups is 1. The molecule has 11 heteroatoms. The Hall–Kier alpha value is -2.50. The molecule has 0 aliphatic carbocycles. The highest BCUT2D eigenvalue weighted by Crippen LogP contribution is 2.36. The SMILES string of the molecule is COc1ccc(C2NC(SCC(=O)N3CCCCCC3)C3C(=O)N(C)C(=O)N(C)C3N2)cc1OC. The molecular weight excluding hydrogens is 470 g/mol. The van der Waals surface area contributed by atoms with Gasteiger partial charge in [-0.3, -0.25) is 25.1 Å². The molecule has 35 heavy (non-hydrogen) atoms. The molecule has 3 aliphatic heterocycles. The van der Waals surface area contributed by atoms with Gasteiger partial charge >= 0.3 is 6.03 Å². The molecule has 4 rings (SSSR count). The Labute approximate surface area is 210 Å². The normalized spacial score (nSPS) is 27.4. The Bertz CT molecular complexity index is 954. The van der Waals surface area contributed by atoms with E-state index >= 15 is 0 Å². The van der Waals surface area contributed by atoms with Crippen molar-refractivity contribution in [3.63, 3.8) is 0 Å². The summed E-state index contributed by atoms with van der Waals surface area (Å²) in [6.45, 7) is 1.58. The number of rotatable bonds is 6. The molecule has 4 amide bonds. The second-order valence-corrected chi connectivity index (χ2v) is 10.3. The van der Waals surface area contributed by atoms with Gasteiger partial charge in [0.1, 0.15) is 0 Å². The van der Waals surface area contributed by atoms with Crippen LogP contribution in [0.4, 0.5) is 4.79 Å². The first-order valence-electron chi connectivity index (χ1n) is 12.0. The summed E-state index contributed by atoms with van der Waals surface area (Å²) >= 11 is 1.43. The molecule has 1 aromatic carbocycles.